The number of nitrogens with two attached hydrogens (primary N) is 1. The molecule has 4 spiro atoms. The van der Waals surface area contributed by atoms with Crippen molar-refractivity contribution in [3.05, 3.63) is 306 Å². The number of nitriles is 1. The zero-order valence-corrected chi connectivity index (χ0v) is 82.7. The van der Waals surface area contributed by atoms with Gasteiger partial charge >= 0.3 is 31.4 Å². The minimum Gasteiger partial charge on any atom is -0.477 e. The molecule has 4 N–H and O–H groups in total. The van der Waals surface area contributed by atoms with Crippen molar-refractivity contribution in [2.45, 2.75) is 154 Å². The summed E-state index contributed by atoms with van der Waals surface area (Å²) in [6, 6.07) is 59.0. The van der Waals surface area contributed by atoms with Crippen LogP contribution in [0.15, 0.2) is 219 Å². The van der Waals surface area contributed by atoms with Crippen LogP contribution in [0.1, 0.15) is 175 Å². The first kappa shape index (κ1) is 106. The Balaban J connectivity index is 0.000000166. The second-order valence-corrected chi connectivity index (χ2v) is 37.6. The number of benzene rings is 8. The van der Waals surface area contributed by atoms with Gasteiger partial charge in [-0.1, -0.05) is 129 Å². The fourth-order valence-electron chi connectivity index (χ4n) is 19.3. The first-order valence-corrected chi connectivity index (χ1v) is 45.3. The van der Waals surface area contributed by atoms with Gasteiger partial charge in [0.25, 0.3) is 0 Å². The largest absolute Gasteiger partial charge is 0.573 e. The zero-order chi connectivity index (χ0) is 95.3. The monoisotopic (exact) mass is 2310 g/mol. The quantitative estimate of drug-likeness (QED) is 0.0296. The molecule has 137 heavy (non-hydrogen) atoms. The van der Waals surface area contributed by atoms with Crippen LogP contribution in [0.25, 0.3) is 16.4 Å². The number of carbonyl (C=O) groups excluding carboxylic acids is 1. The Labute approximate surface area is 845 Å². The number of alkyl halides is 12. The summed E-state index contributed by atoms with van der Waals surface area (Å²) in [5.74, 6) is 0.856. The zero-order valence-electron chi connectivity index (χ0n) is 73.5. The van der Waals surface area contributed by atoms with Gasteiger partial charge in [0, 0.05) is 166 Å². The Morgan fingerprint density at radius 2 is 0.825 bits per heavy atom. The van der Waals surface area contributed by atoms with Gasteiger partial charge in [-0.3, -0.25) is 13.6 Å². The molecule has 0 amide bonds. The van der Waals surface area contributed by atoms with Gasteiger partial charge in [-0.05, 0) is 265 Å². The minimum atomic E-state index is -4.67. The number of aryl methyl sites for hydroxylation is 3. The molecule has 0 unspecified atom stereocenters. The van der Waals surface area contributed by atoms with Crippen LogP contribution in [0.5, 0.6) is 23.0 Å². The Hall–Kier alpha value is -10.3. The summed E-state index contributed by atoms with van der Waals surface area (Å²) in [6.07, 6.45) is -1.61. The predicted molar refractivity (Wildman–Crippen MR) is 500 cm³/mol. The summed E-state index contributed by atoms with van der Waals surface area (Å²) in [7, 11) is 0. The van der Waals surface area contributed by atoms with Crippen molar-refractivity contribution in [3.63, 3.8) is 0 Å². The summed E-state index contributed by atoms with van der Waals surface area (Å²) in [5.41, 5.74) is 20.4. The molecule has 20 rings (SSSR count). The van der Waals surface area contributed by atoms with Crippen LogP contribution >= 0.6 is 45.8 Å². The Morgan fingerprint density at radius 1 is 0.511 bits per heavy atom. The molecule has 0 bridgehead atoms. The third kappa shape index (κ3) is 26.7. The fourth-order valence-corrected chi connectivity index (χ4v) is 20.0. The second-order valence-electron chi connectivity index (χ2n) is 35.5. The molecule has 8 aromatic carbocycles. The van der Waals surface area contributed by atoms with Crippen molar-refractivity contribution in [2.24, 2.45) is 27.4 Å². The van der Waals surface area contributed by atoms with E-state index in [0.717, 1.165) is 163 Å². The van der Waals surface area contributed by atoms with Crippen LogP contribution in [0.3, 0.4) is 0 Å². The molecule has 4 aliphatic carbocycles. The molecule has 4 saturated carbocycles. The van der Waals surface area contributed by atoms with E-state index in [4.69, 9.17) is 45.9 Å². The maximum atomic E-state index is 13.1. The maximum absolute atomic E-state index is 13.1. The fraction of sp³-hybridized carbons (Fsp3) is 0.360. The van der Waals surface area contributed by atoms with Gasteiger partial charge in [0.2, 0.25) is 11.6 Å². The summed E-state index contributed by atoms with van der Waals surface area (Å²) in [4.78, 5) is 51.4. The normalized spacial score (nSPS) is 17.1. The molecule has 8 heterocycles. The van der Waals surface area contributed by atoms with Crippen molar-refractivity contribution in [2.75, 3.05) is 67.1 Å². The summed E-state index contributed by atoms with van der Waals surface area (Å²) in [6.45, 7) is 19.5. The maximum Gasteiger partial charge on any atom is 0.573 e. The molecule has 4 saturated heterocycles. The molecular weight excluding hydrogens is 2210 g/mol. The summed E-state index contributed by atoms with van der Waals surface area (Å²) in [5, 5.41) is 21.5. The smallest absolute Gasteiger partial charge is 0.477 e. The van der Waals surface area contributed by atoms with Gasteiger partial charge in [-0.2, -0.15) is 5.26 Å². The first-order chi connectivity index (χ1) is 63.7. The topological polar surface area (TPSA) is 228 Å². The van der Waals surface area contributed by atoms with Crippen molar-refractivity contribution in [1.29, 1.82) is 5.26 Å². The Kier molecular flexibility index (Phi) is 34.0. The van der Waals surface area contributed by atoms with Crippen LogP contribution in [0.2, 0.25) is 10.0 Å². The number of hydrogen-bond acceptors (Lipinski definition) is 16. The SMILES string of the molecule is C.CCc1nc2ncc(Cl)cn2c1C(=O)CCc1ccc(N2CC3(CC(c4ccc(OC(F)(F)F)cc4)C3)C2)cc1.CCc1nc2ncc(Cl)cn2c1C(=O)O.FC(F)(F)Oc1ccc(C2CC3(CNC3)C2)cc1.N#Cc1ccc(I)cc1.NCc1ccc(N2CC3(CC(c4ccc(OC(F)(F)F)cc4)C3)C2)cc1.[3HH].[C-]#[N+]c1ccc(N2CC3(CC(c4ccc(OC(F)(F)F)cc4)C3)C2)cc1.[U].[V]. The number of halogens is 15. The second kappa shape index (κ2) is 44.1. The van der Waals surface area contributed by atoms with Crippen molar-refractivity contribution >= 4 is 91.9 Å². The average molecular weight is 2310 g/mol. The number of anilines is 3. The van der Waals surface area contributed by atoms with Crippen LogP contribution in [0.4, 0.5) is 75.4 Å². The van der Waals surface area contributed by atoms with E-state index in [1.54, 1.807) is 59.1 Å². The minimum absolute atomic E-state index is 0. The van der Waals surface area contributed by atoms with Gasteiger partial charge in [0.05, 0.1) is 52.0 Å². The van der Waals surface area contributed by atoms with Gasteiger partial charge < -0.3 is 49.8 Å². The number of Topliss-reactive ketones (excluding diaryl/α,β-unsaturated/α-hetero) is 1. The number of rotatable bonds is 19. The van der Waals surface area contributed by atoms with E-state index >= 15 is 0 Å². The number of carboxylic acid groups (broad SMARTS) is 1. The van der Waals surface area contributed by atoms with Crippen LogP contribution in [-0.2, 0) is 44.4 Å². The Morgan fingerprint density at radius 3 is 1.12 bits per heavy atom. The predicted octanol–water partition coefficient (Wildman–Crippen LogP) is 24.7. The molecule has 4 aliphatic heterocycles. The number of nitrogens with zero attached hydrogens (tertiary/aromatic N) is 11. The standard InChI is InChI=1S/C30H28ClF3N4O2.C20H17F3N2O.C20H21F3N2O.C13H14F3NO.C9H8ClN3O2.C7H4IN.CH4.U.V.H2/c1-2-25-27(38-16-22(31)15-35-28(38)36-25)26(39)12-5-19-3-8-23(9-4-19)37-17-29(18-37)13-21(14-29)20-6-10-24(11-7-20)40-30(32,33)34;1-24-16-4-6-17(7-5-16)25-12-19(13-25)10-15(11-19)14-2-8-18(9-3-14)26-20(21,22)23;21-20(22,23)26-18-7-3-15(4-8-18)16-9-19(10-16)12-25(13-19)17-5-1-14(11-24)2-6-17;14-13(15,16)18-11-3-1-9(2-4-11)10-5-12(6-10)7-17-8-12;1-2-6-7(8(14)15)13-4-5(10)3-11-9(13)12-6;8-7-3-1-6(5-9)2-4-7;;;;/h3-4,6-11,15-16,21H,2,5,12-14,17-18H2,1H3;2-9,15H,10-13H2;1-8,16H,9-13,24H2;1-4,10,17H,5-8H2;3-4H,2H2,1H3,(H,14,15);1-4H;1H4;;;1H/i;;;;;;;;;1+2. The van der Waals surface area contributed by atoms with Crippen LogP contribution in [0, 0.1) is 74.2 Å². The number of aromatic carboxylic acids is 1. The van der Waals surface area contributed by atoms with Crippen molar-refractivity contribution in [3.8, 4) is 29.1 Å². The number of fused-ring (bicyclic) bond motifs is 2. The molecule has 8 aliphatic rings. The molecule has 12 aromatic rings. The number of ketones is 1. The van der Waals surface area contributed by atoms with Gasteiger partial charge in [0.1, 0.15) is 28.7 Å². The first-order valence-electron chi connectivity index (χ1n) is 43.5. The number of imidazole rings is 2. The number of carbonyl (C=O) groups is 2. The number of ether oxygens (including phenoxy) is 4. The van der Waals surface area contributed by atoms with Crippen LogP contribution in [-0.4, -0.2) is 123 Å². The summed E-state index contributed by atoms with van der Waals surface area (Å²) < 4.78 is 166. The molecule has 4 aromatic heterocycles. The molecule has 0 atom stereocenters. The number of hydrogen-bond donors (Lipinski definition) is 3. The van der Waals surface area contributed by atoms with Gasteiger partial charge in [-0.25, -0.2) is 29.6 Å². The third-order valence-corrected chi connectivity index (χ3v) is 27.0. The molecular formula is C100H98Cl2F12IN13O7UV. The molecule has 37 heteroatoms. The molecule has 719 valence electrons. The van der Waals surface area contributed by atoms with Gasteiger partial charge in [-0.15, -0.1) is 52.7 Å². The molecule has 1 radical (unpaired) electrons. The van der Waals surface area contributed by atoms with E-state index in [0.29, 0.717) is 111 Å². The van der Waals surface area contributed by atoms with E-state index in [1.165, 1.54) is 77.2 Å². The van der Waals surface area contributed by atoms with E-state index in [2.05, 4.69) is 141 Å². The van der Waals surface area contributed by atoms with E-state index < -0.39 is 31.4 Å². The van der Waals surface area contributed by atoms with Crippen molar-refractivity contribution < 1.29 is 137 Å². The van der Waals surface area contributed by atoms with E-state index in [9.17, 15) is 62.3 Å². The number of carboxylic acids is 1. The third-order valence-electron chi connectivity index (χ3n) is 25.9. The summed E-state index contributed by atoms with van der Waals surface area (Å²) >= 11 is 14.1. The number of nitrogens with one attached hydrogen (secondary N) is 1. The number of aromatic nitrogens is 6. The van der Waals surface area contributed by atoms with Crippen molar-refractivity contribution in [1.82, 2.24) is 34.1 Å². The molecule has 20 nitrogen and oxygen atoms in total. The van der Waals surface area contributed by atoms with E-state index in [1.807, 2.05) is 62.4 Å². The average Bonchev–Trinajstić information content (AvgIpc) is 1.09. The van der Waals surface area contributed by atoms with E-state index in [-0.39, 0.29) is 98.4 Å². The Bertz CT molecular complexity index is 6190. The van der Waals surface area contributed by atoms with Crippen LogP contribution < -0.4 is 44.7 Å². The molecule has 8 fully saturated rings. The van der Waals surface area contributed by atoms with Gasteiger partial charge in [0.15, 0.2) is 17.2 Å².